The molecule has 0 saturated heterocycles. The zero-order valence-electron chi connectivity index (χ0n) is 12.3. The van der Waals surface area contributed by atoms with Gasteiger partial charge in [0.1, 0.15) is 0 Å². The molecule has 4 nitrogen and oxygen atoms in total. The van der Waals surface area contributed by atoms with Crippen molar-refractivity contribution in [3.63, 3.8) is 0 Å². The smallest absolute Gasteiger partial charge is 0.251 e. The van der Waals surface area contributed by atoms with Gasteiger partial charge in [0, 0.05) is 31.2 Å². The van der Waals surface area contributed by atoms with Crippen LogP contribution in [0.2, 0.25) is 0 Å². The summed E-state index contributed by atoms with van der Waals surface area (Å²) in [4.78, 5) is 12.1. The maximum atomic E-state index is 12.1. The monoisotopic (exact) mass is 287 g/mol. The van der Waals surface area contributed by atoms with Crippen molar-refractivity contribution in [3.8, 4) is 11.8 Å². The first-order chi connectivity index (χ1) is 10.2. The van der Waals surface area contributed by atoms with E-state index >= 15 is 0 Å². The van der Waals surface area contributed by atoms with E-state index in [1.807, 2.05) is 12.1 Å². The van der Waals surface area contributed by atoms with Crippen LogP contribution < -0.4 is 5.32 Å². The number of benzene rings is 1. The molecule has 1 aliphatic carbocycles. The van der Waals surface area contributed by atoms with Gasteiger partial charge in [-0.2, -0.15) is 0 Å². The van der Waals surface area contributed by atoms with Crippen molar-refractivity contribution in [2.24, 2.45) is 0 Å². The highest BCUT2D eigenvalue weighted by Crippen LogP contribution is 2.34. The number of hydrogen-bond donors (Lipinski definition) is 2. The number of hydrogen-bond acceptors (Lipinski definition) is 3. The van der Waals surface area contributed by atoms with E-state index in [9.17, 15) is 4.79 Å². The van der Waals surface area contributed by atoms with Crippen molar-refractivity contribution in [3.05, 3.63) is 35.4 Å². The lowest BCUT2D eigenvalue weighted by molar-refractivity contribution is -0.0679. The highest BCUT2D eigenvalue weighted by molar-refractivity contribution is 5.94. The third kappa shape index (κ3) is 4.07. The van der Waals surface area contributed by atoms with E-state index in [-0.39, 0.29) is 18.1 Å². The van der Waals surface area contributed by atoms with E-state index in [0.717, 1.165) is 24.8 Å². The Labute approximate surface area is 125 Å². The minimum Gasteiger partial charge on any atom is -0.395 e. The van der Waals surface area contributed by atoms with Crippen LogP contribution in [-0.2, 0) is 4.74 Å². The molecule has 0 unspecified atom stereocenters. The van der Waals surface area contributed by atoms with Crippen molar-refractivity contribution in [1.29, 1.82) is 0 Å². The predicted molar refractivity (Wildman–Crippen MR) is 80.9 cm³/mol. The molecule has 2 N–H and O–H groups in total. The van der Waals surface area contributed by atoms with Gasteiger partial charge in [0.05, 0.1) is 12.2 Å². The highest BCUT2D eigenvalue weighted by Gasteiger charge is 2.37. The van der Waals surface area contributed by atoms with Crippen LogP contribution in [0.5, 0.6) is 0 Å². The van der Waals surface area contributed by atoms with Gasteiger partial charge in [-0.25, -0.2) is 0 Å². The molecule has 112 valence electrons. The number of carbonyl (C=O) groups is 1. The highest BCUT2D eigenvalue weighted by atomic mass is 16.5. The molecule has 4 heteroatoms. The number of amides is 1. The summed E-state index contributed by atoms with van der Waals surface area (Å²) in [5, 5.41) is 11.6. The zero-order valence-corrected chi connectivity index (χ0v) is 12.3. The molecule has 0 heterocycles. The third-order valence-corrected chi connectivity index (χ3v) is 3.89. The van der Waals surface area contributed by atoms with Crippen molar-refractivity contribution in [2.45, 2.75) is 31.3 Å². The fourth-order valence-corrected chi connectivity index (χ4v) is 2.29. The molecule has 0 spiro atoms. The molecule has 0 aliphatic heterocycles. The normalized spacial score (nSPS) is 15.5. The Kier molecular flexibility index (Phi) is 5.38. The molecule has 1 aromatic rings. The minimum atomic E-state index is -0.161. The molecule has 0 atom stereocenters. The average molecular weight is 287 g/mol. The second-order valence-electron chi connectivity index (χ2n) is 5.28. The van der Waals surface area contributed by atoms with E-state index < -0.39 is 0 Å². The Hall–Kier alpha value is -1.83. The fourth-order valence-electron chi connectivity index (χ4n) is 2.29. The van der Waals surface area contributed by atoms with E-state index in [2.05, 4.69) is 17.2 Å². The average Bonchev–Trinajstić information content (AvgIpc) is 2.47. The van der Waals surface area contributed by atoms with E-state index in [1.165, 1.54) is 0 Å². The lowest BCUT2D eigenvalue weighted by Gasteiger charge is -2.40. The molecule has 1 saturated carbocycles. The Bertz CT molecular complexity index is 530. The van der Waals surface area contributed by atoms with Crippen molar-refractivity contribution >= 4 is 5.91 Å². The van der Waals surface area contributed by atoms with Gasteiger partial charge < -0.3 is 15.2 Å². The molecule has 1 fully saturated rings. The summed E-state index contributed by atoms with van der Waals surface area (Å²) in [6, 6.07) is 7.15. The lowest BCUT2D eigenvalue weighted by Crippen LogP contribution is -2.49. The Morgan fingerprint density at radius 2 is 2.10 bits per heavy atom. The molecular formula is C17H21NO3. The number of ether oxygens (including phenoxy) is 1. The zero-order chi connectivity index (χ0) is 15.1. The van der Waals surface area contributed by atoms with Crippen LogP contribution in [0.15, 0.2) is 24.3 Å². The quantitative estimate of drug-likeness (QED) is 0.811. The number of carbonyl (C=O) groups excluding carboxylic acids is 1. The third-order valence-electron chi connectivity index (χ3n) is 3.89. The fraction of sp³-hybridized carbons (Fsp3) is 0.471. The SMILES string of the molecule is COC1(CNC(=O)c2ccc(C#CCCO)cc2)CCC1. The number of rotatable bonds is 5. The van der Waals surface area contributed by atoms with Crippen LogP contribution in [0, 0.1) is 11.8 Å². The second kappa shape index (κ2) is 7.26. The van der Waals surface area contributed by atoms with Crippen LogP contribution >= 0.6 is 0 Å². The van der Waals surface area contributed by atoms with Gasteiger partial charge >= 0.3 is 0 Å². The molecule has 1 amide bonds. The Morgan fingerprint density at radius 3 is 2.62 bits per heavy atom. The van der Waals surface area contributed by atoms with Gasteiger partial charge in [0.2, 0.25) is 0 Å². The van der Waals surface area contributed by atoms with Gasteiger partial charge in [0.15, 0.2) is 0 Å². The van der Waals surface area contributed by atoms with Crippen LogP contribution in [-0.4, -0.2) is 36.9 Å². The molecule has 0 bridgehead atoms. The summed E-state index contributed by atoms with van der Waals surface area (Å²) >= 11 is 0. The van der Waals surface area contributed by atoms with Crippen LogP contribution in [0.4, 0.5) is 0 Å². The number of nitrogens with one attached hydrogen (secondary N) is 1. The second-order valence-corrected chi connectivity index (χ2v) is 5.28. The predicted octanol–water partition coefficient (Wildman–Crippen LogP) is 1.72. The van der Waals surface area contributed by atoms with Gasteiger partial charge in [-0.1, -0.05) is 11.8 Å². The first kappa shape index (κ1) is 15.6. The largest absolute Gasteiger partial charge is 0.395 e. The molecule has 1 aromatic carbocycles. The van der Waals surface area contributed by atoms with Crippen LogP contribution in [0.25, 0.3) is 0 Å². The molecule has 21 heavy (non-hydrogen) atoms. The van der Waals surface area contributed by atoms with E-state index in [0.29, 0.717) is 18.5 Å². The Morgan fingerprint density at radius 1 is 1.38 bits per heavy atom. The maximum Gasteiger partial charge on any atom is 0.251 e. The summed E-state index contributed by atoms with van der Waals surface area (Å²) < 4.78 is 5.48. The van der Waals surface area contributed by atoms with E-state index in [4.69, 9.17) is 9.84 Å². The maximum absolute atomic E-state index is 12.1. The molecular weight excluding hydrogens is 266 g/mol. The molecule has 0 radical (unpaired) electrons. The van der Waals surface area contributed by atoms with Crippen molar-refractivity contribution < 1.29 is 14.6 Å². The summed E-state index contributed by atoms with van der Waals surface area (Å²) in [6.45, 7) is 0.620. The van der Waals surface area contributed by atoms with E-state index in [1.54, 1.807) is 19.2 Å². The van der Waals surface area contributed by atoms with Crippen molar-refractivity contribution in [1.82, 2.24) is 5.32 Å². The minimum absolute atomic E-state index is 0.0642. The summed E-state index contributed by atoms with van der Waals surface area (Å²) in [5.74, 6) is 5.69. The van der Waals surface area contributed by atoms with Gasteiger partial charge in [-0.15, -0.1) is 0 Å². The first-order valence-electron chi connectivity index (χ1n) is 7.22. The summed E-state index contributed by atoms with van der Waals surface area (Å²) in [7, 11) is 1.70. The number of aliphatic hydroxyl groups is 1. The first-order valence-corrected chi connectivity index (χ1v) is 7.22. The Balaban J connectivity index is 1.89. The van der Waals surface area contributed by atoms with Gasteiger partial charge in [-0.05, 0) is 43.5 Å². The number of aliphatic hydroxyl groups excluding tert-OH is 1. The lowest BCUT2D eigenvalue weighted by atomic mass is 9.80. The van der Waals surface area contributed by atoms with Gasteiger partial charge in [-0.3, -0.25) is 4.79 Å². The van der Waals surface area contributed by atoms with Crippen LogP contribution in [0.1, 0.15) is 41.6 Å². The number of methoxy groups -OCH3 is 1. The summed E-state index contributed by atoms with van der Waals surface area (Å²) in [5.41, 5.74) is 1.30. The topological polar surface area (TPSA) is 58.6 Å². The molecule has 1 aliphatic rings. The summed E-state index contributed by atoms with van der Waals surface area (Å²) in [6.07, 6.45) is 3.62. The molecule has 2 rings (SSSR count). The van der Waals surface area contributed by atoms with Gasteiger partial charge in [0.25, 0.3) is 5.91 Å². The molecule has 0 aromatic heterocycles. The van der Waals surface area contributed by atoms with Crippen LogP contribution in [0.3, 0.4) is 0 Å². The standard InChI is InChI=1S/C17H21NO3/c1-21-17(10-4-11-17)13-18-16(20)15-8-6-14(7-9-15)5-2-3-12-19/h6-9,19H,3-4,10-13H2,1H3,(H,18,20). The van der Waals surface area contributed by atoms with Crippen molar-refractivity contribution in [2.75, 3.05) is 20.3 Å².